The van der Waals surface area contributed by atoms with E-state index in [4.69, 9.17) is 9.47 Å². The maximum Gasteiger partial charge on any atom is 0.408 e. The fourth-order valence-corrected chi connectivity index (χ4v) is 7.42. The number of ether oxygens (including phenoxy) is 2. The van der Waals surface area contributed by atoms with Crippen molar-refractivity contribution in [2.24, 2.45) is 23.7 Å². The molecule has 0 fully saturated rings. The summed E-state index contributed by atoms with van der Waals surface area (Å²) in [6, 6.07) is -3.20. The number of alkyl carbamates (subject to hydrolysis) is 1. The van der Waals surface area contributed by atoms with Crippen LogP contribution in [0, 0.1) is 23.7 Å². The van der Waals surface area contributed by atoms with E-state index in [2.05, 4.69) is 47.5 Å². The highest BCUT2D eigenvalue weighted by atomic mass is 16.6. The zero-order chi connectivity index (χ0) is 57.1. The second kappa shape index (κ2) is 28.9. The Morgan fingerprint density at radius 2 is 0.986 bits per heavy atom. The van der Waals surface area contributed by atoms with Crippen molar-refractivity contribution in [3.05, 3.63) is 30.1 Å². The minimum atomic E-state index is -1.92. The summed E-state index contributed by atoms with van der Waals surface area (Å²) in [4.78, 5) is 140. The first-order valence-corrected chi connectivity index (χ1v) is 25.4. The first kappa shape index (κ1) is 65.7. The van der Waals surface area contributed by atoms with E-state index in [9.17, 15) is 53.1 Å². The van der Waals surface area contributed by atoms with Gasteiger partial charge in [-0.3, -0.25) is 43.3 Å². The molecule has 8 amide bonds. The predicted molar refractivity (Wildman–Crippen MR) is 276 cm³/mol. The fourth-order valence-electron chi connectivity index (χ4n) is 7.42. The summed E-state index contributed by atoms with van der Waals surface area (Å²) in [5, 5.41) is 30.8. The lowest BCUT2D eigenvalue weighted by Gasteiger charge is -2.36. The highest BCUT2D eigenvalue weighted by Gasteiger charge is 2.44. The van der Waals surface area contributed by atoms with Crippen LogP contribution in [0.15, 0.2) is 24.5 Å². The van der Waals surface area contributed by atoms with Crippen LogP contribution in [-0.4, -0.2) is 123 Å². The molecule has 0 aliphatic heterocycles. The molecule has 0 aliphatic carbocycles. The van der Waals surface area contributed by atoms with Crippen LogP contribution in [-0.2, 0) is 58.2 Å². The second-order valence-electron chi connectivity index (χ2n) is 22.6. The molecule has 22 nitrogen and oxygen atoms in total. The number of carboxylic acids is 1. The molecule has 0 aromatic carbocycles. The van der Waals surface area contributed by atoms with Crippen molar-refractivity contribution < 1.29 is 62.5 Å². The topological polar surface area (TPSA) is 319 Å². The minimum absolute atomic E-state index is 0.00301. The number of esters is 1. The number of carbonyl (C=O) groups is 10. The summed E-state index contributed by atoms with van der Waals surface area (Å²) >= 11 is 0. The molecule has 0 unspecified atom stereocenters. The summed E-state index contributed by atoms with van der Waals surface area (Å²) in [7, 11) is 0. The zero-order valence-electron chi connectivity index (χ0n) is 46.7. The maximum atomic E-state index is 14.5. The van der Waals surface area contributed by atoms with E-state index in [-0.39, 0.29) is 61.5 Å². The van der Waals surface area contributed by atoms with Gasteiger partial charge in [0.05, 0.1) is 6.61 Å². The second-order valence-corrected chi connectivity index (χ2v) is 22.6. The lowest BCUT2D eigenvalue weighted by Crippen LogP contribution is -2.65. The first-order chi connectivity index (χ1) is 33.9. The summed E-state index contributed by atoms with van der Waals surface area (Å²) < 4.78 is 10.5. The number of carbonyl (C=O) groups excluding carboxylic acids is 9. The van der Waals surface area contributed by atoms with Crippen LogP contribution in [0.25, 0.3) is 0 Å². The average Bonchev–Trinajstić information content (AvgIpc) is 3.25. The molecule has 74 heavy (non-hydrogen) atoms. The van der Waals surface area contributed by atoms with Crippen molar-refractivity contribution in [3.63, 3.8) is 0 Å². The number of hydrogen-bond donors (Lipinski definition) is 9. The Morgan fingerprint density at radius 1 is 0.554 bits per heavy atom. The van der Waals surface area contributed by atoms with Crippen molar-refractivity contribution in [2.75, 3.05) is 6.61 Å². The van der Waals surface area contributed by atoms with Gasteiger partial charge in [0, 0.05) is 24.4 Å². The molecule has 22 heteroatoms. The third kappa shape index (κ3) is 22.8. The predicted octanol–water partition coefficient (Wildman–Crippen LogP) is 3.65. The van der Waals surface area contributed by atoms with Crippen LogP contribution in [0.5, 0.6) is 0 Å². The van der Waals surface area contributed by atoms with Crippen molar-refractivity contribution in [3.8, 4) is 0 Å². The van der Waals surface area contributed by atoms with Gasteiger partial charge in [-0.15, -0.1) is 0 Å². The molecule has 1 aromatic heterocycles. The molecule has 0 bridgehead atoms. The number of amides is 8. The molecular weight excluding hydrogens is 959 g/mol. The van der Waals surface area contributed by atoms with Crippen LogP contribution >= 0.6 is 0 Å². The quantitative estimate of drug-likeness (QED) is 0.0518. The minimum Gasteiger partial charge on any atom is -0.481 e. The van der Waals surface area contributed by atoms with E-state index in [0.29, 0.717) is 0 Å². The zero-order valence-corrected chi connectivity index (χ0v) is 46.7. The SMILES string of the molecule is CCOC(=O)[C@H](CC(C)C)NC(=O)C(C)(C)NC(=O)[C@](C)(NC(=O)[C@H](CC(C)C)NC(=O)[C@H](CC(C)C)NC(=O)[C@H](CCC(=O)O)NC(=O)C(C)(C)NC(=O)[C@H](CC(C)C)NC(=O)OC(C)(C)C)c1cccnc1. The van der Waals surface area contributed by atoms with Gasteiger partial charge < -0.3 is 57.1 Å². The van der Waals surface area contributed by atoms with Gasteiger partial charge in [-0.1, -0.05) is 61.5 Å². The van der Waals surface area contributed by atoms with Gasteiger partial charge in [0.15, 0.2) is 0 Å². The third-order valence-corrected chi connectivity index (χ3v) is 11.3. The van der Waals surface area contributed by atoms with Gasteiger partial charge in [0.25, 0.3) is 5.91 Å². The Bertz CT molecular complexity index is 2100. The Kier molecular flexibility index (Phi) is 25.7. The first-order valence-electron chi connectivity index (χ1n) is 25.4. The lowest BCUT2D eigenvalue weighted by molar-refractivity contribution is -0.149. The van der Waals surface area contributed by atoms with Gasteiger partial charge in [-0.05, 0) is 124 Å². The smallest absolute Gasteiger partial charge is 0.408 e. The molecule has 0 radical (unpaired) electrons. The fraction of sp³-hybridized carbons (Fsp3) is 0.712. The molecule has 1 heterocycles. The maximum absolute atomic E-state index is 14.5. The van der Waals surface area contributed by atoms with Crippen LogP contribution in [0.3, 0.4) is 0 Å². The number of nitrogens with zero attached hydrogens (tertiary/aromatic N) is 1. The standard InChI is InChI=1S/C52H87N9O13/c1-18-73-44(68)38(27-32(8)9)57-46(70)51(15,16)61-47(71)52(17,33-20-19-23-53-28-33)60-43(67)36(25-30(4)5)55-41(65)35(24-29(2)3)54-40(64)34(21-22-39(62)63)56-45(69)50(13,14)59-42(66)37(26-31(6)7)58-48(72)74-49(10,11)12/h19-20,23,28-32,34-38H,18,21-22,24-27H2,1-17H3,(H,54,64)(H,55,65)(H,56,69)(H,57,70)(H,58,72)(H,59,66)(H,60,67)(H,61,71)(H,62,63)/t34-,35-,36-,37-,38-,52+/m0/s1. The molecule has 0 spiro atoms. The van der Waals surface area contributed by atoms with Crippen molar-refractivity contribution in [2.45, 2.75) is 209 Å². The van der Waals surface area contributed by atoms with Crippen LogP contribution in [0.4, 0.5) is 4.79 Å². The number of pyridine rings is 1. The molecule has 9 N–H and O–H groups in total. The van der Waals surface area contributed by atoms with E-state index in [1.54, 1.807) is 67.5 Å². The molecule has 0 saturated carbocycles. The van der Waals surface area contributed by atoms with E-state index in [1.807, 2.05) is 27.7 Å². The largest absolute Gasteiger partial charge is 0.481 e. The molecule has 1 aromatic rings. The van der Waals surface area contributed by atoms with Crippen LogP contribution in [0.2, 0.25) is 0 Å². The van der Waals surface area contributed by atoms with Crippen molar-refractivity contribution in [1.29, 1.82) is 0 Å². The monoisotopic (exact) mass is 1050 g/mol. The van der Waals surface area contributed by atoms with E-state index >= 15 is 0 Å². The Labute approximate surface area is 437 Å². The van der Waals surface area contributed by atoms with Crippen LogP contribution in [0.1, 0.15) is 162 Å². The summed E-state index contributed by atoms with van der Waals surface area (Å²) in [6.07, 6.45) is 1.51. The number of aromatic nitrogens is 1. The summed E-state index contributed by atoms with van der Waals surface area (Å²) in [6.45, 7) is 28.3. The van der Waals surface area contributed by atoms with E-state index in [1.165, 1.54) is 47.0 Å². The normalized spacial score (nSPS) is 14.8. The van der Waals surface area contributed by atoms with Gasteiger partial charge in [-0.25, -0.2) is 9.59 Å². The summed E-state index contributed by atoms with van der Waals surface area (Å²) in [5.41, 5.74) is -5.93. The van der Waals surface area contributed by atoms with Crippen molar-refractivity contribution >= 4 is 59.4 Å². The summed E-state index contributed by atoms with van der Waals surface area (Å²) in [5.74, 6) is -8.10. The van der Waals surface area contributed by atoms with E-state index in [0.717, 1.165) is 0 Å². The molecule has 0 aliphatic rings. The number of aliphatic carboxylic acids is 1. The lowest BCUT2D eigenvalue weighted by atomic mass is 9.89. The number of rotatable bonds is 29. The van der Waals surface area contributed by atoms with Crippen LogP contribution < -0.4 is 42.5 Å². The van der Waals surface area contributed by atoms with Gasteiger partial charge in [-0.2, -0.15) is 0 Å². The van der Waals surface area contributed by atoms with Crippen molar-refractivity contribution in [1.82, 2.24) is 47.5 Å². The van der Waals surface area contributed by atoms with E-state index < -0.39 is 125 Å². The highest BCUT2D eigenvalue weighted by molar-refractivity contribution is 6.00. The van der Waals surface area contributed by atoms with Gasteiger partial charge in [0.2, 0.25) is 35.4 Å². The third-order valence-electron chi connectivity index (χ3n) is 11.3. The van der Waals surface area contributed by atoms with Gasteiger partial charge in [0.1, 0.15) is 52.4 Å². The molecule has 6 atom stereocenters. The number of hydrogen-bond acceptors (Lipinski definition) is 13. The molecule has 1 rings (SSSR count). The molecule has 0 saturated heterocycles. The Balaban J connectivity index is 3.55. The molecule has 418 valence electrons. The number of nitrogens with one attached hydrogen (secondary N) is 8. The Morgan fingerprint density at radius 3 is 1.43 bits per heavy atom. The average molecular weight is 1050 g/mol. The molecular formula is C52H87N9O13. The highest BCUT2D eigenvalue weighted by Crippen LogP contribution is 2.24. The number of carboxylic acid groups (broad SMARTS) is 1. The van der Waals surface area contributed by atoms with Gasteiger partial charge >= 0.3 is 18.0 Å². The Hall–Kier alpha value is -6.35.